The second kappa shape index (κ2) is 6.77. The summed E-state index contributed by atoms with van der Waals surface area (Å²) in [4.78, 5) is 10.0. The third-order valence-corrected chi connectivity index (χ3v) is 4.66. The third-order valence-electron chi connectivity index (χ3n) is 2.43. The maximum absolute atomic E-state index is 11.9. The number of sulfonamides is 1. The van der Waals surface area contributed by atoms with E-state index in [9.17, 15) is 22.7 Å². The zero-order valence-electron chi connectivity index (χ0n) is 11.0. The van der Waals surface area contributed by atoms with Crippen LogP contribution in [0, 0.1) is 10.1 Å². The number of nitro groups is 1. The number of hydrogen-bond donors (Lipinski definition) is 2. The molecule has 2 N–H and O–H groups in total. The van der Waals surface area contributed by atoms with E-state index in [1.54, 1.807) is 0 Å². The van der Waals surface area contributed by atoms with Crippen LogP contribution in [0.15, 0.2) is 23.1 Å². The average molecular weight is 321 g/mol. The van der Waals surface area contributed by atoms with Crippen molar-refractivity contribution in [2.45, 2.75) is 4.90 Å². The molecule has 1 rings (SSSR count). The first-order valence-electron chi connectivity index (χ1n) is 5.54. The first-order valence-corrected chi connectivity index (χ1v) is 8.75. The van der Waals surface area contributed by atoms with Crippen molar-refractivity contribution in [1.29, 1.82) is 0 Å². The molecule has 0 saturated carbocycles. The van der Waals surface area contributed by atoms with Gasteiger partial charge in [0.2, 0.25) is 10.0 Å². The van der Waals surface area contributed by atoms with E-state index in [-0.39, 0.29) is 28.6 Å². The summed E-state index contributed by atoms with van der Waals surface area (Å²) < 4.78 is 37.0. The second-order valence-corrected chi connectivity index (χ2v) is 7.18. The predicted octanol–water partition coefficient (Wildman–Crippen LogP) is 0.293. The highest BCUT2D eigenvalue weighted by molar-refractivity contribution is 7.89. The van der Waals surface area contributed by atoms with Gasteiger partial charge in [-0.1, -0.05) is 0 Å². The number of anilines is 1. The van der Waals surface area contributed by atoms with E-state index >= 15 is 0 Å². The van der Waals surface area contributed by atoms with Gasteiger partial charge in [0.1, 0.15) is 5.69 Å². The van der Waals surface area contributed by atoms with E-state index in [0.717, 1.165) is 6.07 Å². The summed E-state index contributed by atoms with van der Waals surface area (Å²) in [5.41, 5.74) is -0.0990. The highest BCUT2D eigenvalue weighted by Gasteiger charge is 2.20. The summed E-state index contributed by atoms with van der Waals surface area (Å²) in [6, 6.07) is 3.58. The molecule has 0 radical (unpaired) electrons. The van der Waals surface area contributed by atoms with Crippen molar-refractivity contribution in [3.63, 3.8) is 0 Å². The molecule has 1 aromatic rings. The molecule has 0 aliphatic heterocycles. The van der Waals surface area contributed by atoms with Crippen molar-refractivity contribution < 1.29 is 17.6 Å². The Hall–Kier alpha value is -1.52. The molecule has 0 aliphatic carbocycles. The molecule has 0 heterocycles. The molecule has 0 amide bonds. The van der Waals surface area contributed by atoms with Crippen LogP contribution in [0.1, 0.15) is 0 Å². The van der Waals surface area contributed by atoms with Crippen LogP contribution in [0.5, 0.6) is 0 Å². The molecule has 1 unspecified atom stereocenters. The van der Waals surface area contributed by atoms with Gasteiger partial charge in [-0.2, -0.15) is 0 Å². The molecule has 0 bridgehead atoms. The maximum Gasteiger partial charge on any atom is 0.293 e. The van der Waals surface area contributed by atoms with Crippen LogP contribution in [0.2, 0.25) is 0 Å². The van der Waals surface area contributed by atoms with E-state index in [1.165, 1.54) is 25.4 Å². The van der Waals surface area contributed by atoms with Crippen LogP contribution in [0.25, 0.3) is 0 Å². The van der Waals surface area contributed by atoms with Crippen LogP contribution in [-0.2, 0) is 20.8 Å². The van der Waals surface area contributed by atoms with E-state index in [2.05, 4.69) is 10.0 Å². The van der Waals surface area contributed by atoms with Crippen molar-refractivity contribution in [3.05, 3.63) is 28.3 Å². The van der Waals surface area contributed by atoms with Gasteiger partial charge in [-0.15, -0.1) is 0 Å². The molecule has 1 aromatic carbocycles. The molecular formula is C10H15N3O5S2. The van der Waals surface area contributed by atoms with Crippen LogP contribution in [0.4, 0.5) is 11.4 Å². The summed E-state index contributed by atoms with van der Waals surface area (Å²) in [5, 5.41) is 13.5. The monoisotopic (exact) mass is 321 g/mol. The quantitative estimate of drug-likeness (QED) is 0.550. The Morgan fingerprint density at radius 2 is 2.05 bits per heavy atom. The lowest BCUT2D eigenvalue weighted by Gasteiger charge is -2.07. The van der Waals surface area contributed by atoms with E-state index in [4.69, 9.17) is 0 Å². The summed E-state index contributed by atoms with van der Waals surface area (Å²) in [6.45, 7) is 0.00697. The molecule has 10 heteroatoms. The van der Waals surface area contributed by atoms with Gasteiger partial charge >= 0.3 is 0 Å². The first kappa shape index (κ1) is 16.5. The Morgan fingerprint density at radius 1 is 1.40 bits per heavy atom. The molecule has 1 atom stereocenters. The van der Waals surface area contributed by atoms with Crippen LogP contribution in [0.3, 0.4) is 0 Å². The zero-order chi connectivity index (χ0) is 15.3. The third kappa shape index (κ3) is 4.25. The maximum atomic E-state index is 11.9. The minimum absolute atomic E-state index is 0.00697. The van der Waals surface area contributed by atoms with Crippen molar-refractivity contribution in [2.24, 2.45) is 0 Å². The SMILES string of the molecule is CNc1ccc(S(=O)(=O)NCCS(C)=O)cc1[N+](=O)[O-]. The molecule has 8 nitrogen and oxygen atoms in total. The summed E-state index contributed by atoms with van der Waals surface area (Å²) in [7, 11) is -3.47. The largest absolute Gasteiger partial charge is 0.383 e. The van der Waals surface area contributed by atoms with E-state index < -0.39 is 25.7 Å². The molecular weight excluding hydrogens is 306 g/mol. The Balaban J connectivity index is 3.04. The lowest BCUT2D eigenvalue weighted by molar-refractivity contribution is -0.384. The fourth-order valence-electron chi connectivity index (χ4n) is 1.44. The highest BCUT2D eigenvalue weighted by Crippen LogP contribution is 2.26. The number of nitrogens with zero attached hydrogens (tertiary/aromatic N) is 1. The topological polar surface area (TPSA) is 118 Å². The number of hydrogen-bond acceptors (Lipinski definition) is 6. The Morgan fingerprint density at radius 3 is 2.55 bits per heavy atom. The van der Waals surface area contributed by atoms with Crippen molar-refractivity contribution in [1.82, 2.24) is 4.72 Å². The molecule has 112 valence electrons. The fraction of sp³-hybridized carbons (Fsp3) is 0.400. The van der Waals surface area contributed by atoms with Gasteiger partial charge in [0.05, 0.1) is 9.82 Å². The van der Waals surface area contributed by atoms with Crippen LogP contribution >= 0.6 is 0 Å². The molecule has 0 spiro atoms. The van der Waals surface area contributed by atoms with Gasteiger partial charge in [-0.05, 0) is 12.1 Å². The van der Waals surface area contributed by atoms with Crippen molar-refractivity contribution >= 4 is 32.2 Å². The molecule has 0 aromatic heterocycles. The Bertz CT molecular complexity index is 630. The van der Waals surface area contributed by atoms with Gasteiger partial charge in [-0.25, -0.2) is 13.1 Å². The molecule has 0 saturated heterocycles. The van der Waals surface area contributed by atoms with Gasteiger partial charge in [0, 0.05) is 42.5 Å². The average Bonchev–Trinajstić information content (AvgIpc) is 2.37. The summed E-state index contributed by atoms with van der Waals surface area (Å²) >= 11 is 0. The standard InChI is InChI=1S/C10H15N3O5S2/c1-11-9-4-3-8(7-10(9)13(14)15)20(17,18)12-5-6-19(2)16/h3-4,7,11-12H,5-6H2,1-2H3. The minimum atomic E-state index is -3.85. The lowest BCUT2D eigenvalue weighted by atomic mass is 10.3. The normalized spacial score (nSPS) is 12.9. The zero-order valence-corrected chi connectivity index (χ0v) is 12.6. The Kier molecular flexibility index (Phi) is 5.60. The minimum Gasteiger partial charge on any atom is -0.383 e. The van der Waals surface area contributed by atoms with E-state index in [0.29, 0.717) is 0 Å². The Labute approximate surface area is 119 Å². The first-order chi connectivity index (χ1) is 9.27. The number of nitro benzene ring substituents is 1. The highest BCUT2D eigenvalue weighted by atomic mass is 32.2. The van der Waals surface area contributed by atoms with Gasteiger partial charge in [-0.3, -0.25) is 14.3 Å². The number of benzene rings is 1. The fourth-order valence-corrected chi connectivity index (χ4v) is 3.01. The van der Waals surface area contributed by atoms with Crippen LogP contribution < -0.4 is 10.0 Å². The summed E-state index contributed by atoms with van der Waals surface area (Å²) in [6.07, 6.45) is 1.46. The molecule has 0 fully saturated rings. The lowest BCUT2D eigenvalue weighted by Crippen LogP contribution is -2.27. The summed E-state index contributed by atoms with van der Waals surface area (Å²) in [5.74, 6) is 0.177. The van der Waals surface area contributed by atoms with Gasteiger partial charge in [0.15, 0.2) is 0 Å². The molecule has 0 aliphatic rings. The smallest absolute Gasteiger partial charge is 0.293 e. The second-order valence-electron chi connectivity index (χ2n) is 3.86. The van der Waals surface area contributed by atoms with Gasteiger partial charge in [0.25, 0.3) is 5.69 Å². The molecule has 20 heavy (non-hydrogen) atoms. The van der Waals surface area contributed by atoms with Crippen LogP contribution in [-0.4, -0.2) is 43.2 Å². The van der Waals surface area contributed by atoms with Crippen molar-refractivity contribution in [3.8, 4) is 0 Å². The van der Waals surface area contributed by atoms with Gasteiger partial charge < -0.3 is 5.32 Å². The predicted molar refractivity (Wildman–Crippen MR) is 76.8 cm³/mol. The van der Waals surface area contributed by atoms with Crippen molar-refractivity contribution in [2.75, 3.05) is 30.9 Å². The number of nitrogens with one attached hydrogen (secondary N) is 2. The van der Waals surface area contributed by atoms with E-state index in [1.807, 2.05) is 0 Å². The number of rotatable bonds is 7.